The van der Waals surface area contributed by atoms with E-state index in [1.807, 2.05) is 0 Å². The summed E-state index contributed by atoms with van der Waals surface area (Å²) < 4.78 is 37.3. The summed E-state index contributed by atoms with van der Waals surface area (Å²) in [5, 5.41) is 15.2. The quantitative estimate of drug-likeness (QED) is 0.796. The van der Waals surface area contributed by atoms with Crippen molar-refractivity contribution in [3.05, 3.63) is 29.8 Å². The summed E-state index contributed by atoms with van der Waals surface area (Å²) in [6.45, 7) is 0.125. The summed E-state index contributed by atoms with van der Waals surface area (Å²) in [6, 6.07) is 3.64. The van der Waals surface area contributed by atoms with Crippen LogP contribution < -0.4 is 10.6 Å². The minimum absolute atomic E-state index is 0.125. The van der Waals surface area contributed by atoms with Crippen molar-refractivity contribution in [2.75, 3.05) is 23.4 Å². The first-order chi connectivity index (χ1) is 10.3. The fourth-order valence-corrected chi connectivity index (χ4v) is 3.34. The molecule has 8 heteroatoms. The molecule has 22 heavy (non-hydrogen) atoms. The van der Waals surface area contributed by atoms with Crippen molar-refractivity contribution in [1.29, 1.82) is 0 Å². The Kier molecular flexibility index (Phi) is 5.23. The SMILES string of the molecule is O=C(NCC1(O)CCSCC1)Nc1ccc(C(F)(F)F)cc1. The van der Waals surface area contributed by atoms with Gasteiger partial charge in [0, 0.05) is 12.2 Å². The highest BCUT2D eigenvalue weighted by atomic mass is 32.2. The van der Waals surface area contributed by atoms with Crippen molar-refractivity contribution in [2.24, 2.45) is 0 Å². The normalized spacial score (nSPS) is 17.8. The molecule has 1 aliphatic rings. The van der Waals surface area contributed by atoms with E-state index in [0.717, 1.165) is 23.6 Å². The number of nitrogens with one attached hydrogen (secondary N) is 2. The molecule has 0 saturated carbocycles. The molecule has 122 valence electrons. The number of alkyl halides is 3. The Morgan fingerprint density at radius 3 is 2.36 bits per heavy atom. The van der Waals surface area contributed by atoms with E-state index in [4.69, 9.17) is 0 Å². The minimum Gasteiger partial charge on any atom is -0.388 e. The molecule has 0 spiro atoms. The van der Waals surface area contributed by atoms with E-state index < -0.39 is 23.4 Å². The molecule has 1 fully saturated rings. The first-order valence-electron chi connectivity index (χ1n) is 6.81. The molecule has 3 N–H and O–H groups in total. The molecule has 1 aliphatic heterocycles. The largest absolute Gasteiger partial charge is 0.416 e. The number of hydrogen-bond donors (Lipinski definition) is 3. The third-order valence-corrected chi connectivity index (χ3v) is 4.46. The van der Waals surface area contributed by atoms with Crippen molar-refractivity contribution >= 4 is 23.5 Å². The number of benzene rings is 1. The summed E-state index contributed by atoms with van der Waals surface area (Å²) in [7, 11) is 0. The lowest BCUT2D eigenvalue weighted by Gasteiger charge is -2.31. The van der Waals surface area contributed by atoms with Crippen LogP contribution in [0.5, 0.6) is 0 Å². The van der Waals surface area contributed by atoms with Crippen LogP contribution in [0.3, 0.4) is 0 Å². The van der Waals surface area contributed by atoms with Crippen LogP contribution in [0.25, 0.3) is 0 Å². The first kappa shape index (κ1) is 17.0. The van der Waals surface area contributed by atoms with Crippen molar-refractivity contribution in [2.45, 2.75) is 24.6 Å². The number of rotatable bonds is 3. The Morgan fingerprint density at radius 2 is 1.82 bits per heavy atom. The van der Waals surface area contributed by atoms with E-state index >= 15 is 0 Å². The van der Waals surface area contributed by atoms with Crippen LogP contribution >= 0.6 is 11.8 Å². The smallest absolute Gasteiger partial charge is 0.388 e. The number of carbonyl (C=O) groups excluding carboxylic acids is 1. The Labute approximate surface area is 130 Å². The van der Waals surface area contributed by atoms with Crippen molar-refractivity contribution in [1.82, 2.24) is 5.32 Å². The monoisotopic (exact) mass is 334 g/mol. The van der Waals surface area contributed by atoms with Gasteiger partial charge in [0.15, 0.2) is 0 Å². The van der Waals surface area contributed by atoms with Gasteiger partial charge in [0.05, 0.1) is 11.2 Å². The molecule has 0 aromatic heterocycles. The van der Waals surface area contributed by atoms with Crippen LogP contribution in [0.4, 0.5) is 23.7 Å². The van der Waals surface area contributed by atoms with Crippen LogP contribution in [-0.2, 0) is 6.18 Å². The van der Waals surface area contributed by atoms with Gasteiger partial charge in [0.1, 0.15) is 0 Å². The topological polar surface area (TPSA) is 61.4 Å². The molecular weight excluding hydrogens is 317 g/mol. The molecule has 4 nitrogen and oxygen atoms in total. The second-order valence-corrected chi connectivity index (χ2v) is 6.44. The van der Waals surface area contributed by atoms with Crippen LogP contribution in [0.1, 0.15) is 18.4 Å². The van der Waals surface area contributed by atoms with Crippen molar-refractivity contribution < 1.29 is 23.1 Å². The zero-order valence-electron chi connectivity index (χ0n) is 11.7. The predicted octanol–water partition coefficient (Wildman–Crippen LogP) is 3.09. The van der Waals surface area contributed by atoms with Crippen molar-refractivity contribution in [3.8, 4) is 0 Å². The van der Waals surface area contributed by atoms with Gasteiger partial charge in [-0.2, -0.15) is 24.9 Å². The maximum absolute atomic E-state index is 12.4. The number of amides is 2. The van der Waals surface area contributed by atoms with E-state index in [2.05, 4.69) is 10.6 Å². The third kappa shape index (κ3) is 4.81. The zero-order chi connectivity index (χ0) is 16.2. The number of thioether (sulfide) groups is 1. The lowest BCUT2D eigenvalue weighted by molar-refractivity contribution is -0.137. The number of hydrogen-bond acceptors (Lipinski definition) is 3. The number of aliphatic hydroxyl groups is 1. The first-order valence-corrected chi connectivity index (χ1v) is 7.96. The fourth-order valence-electron chi connectivity index (χ4n) is 2.09. The minimum atomic E-state index is -4.40. The maximum atomic E-state index is 12.4. The molecule has 1 aromatic rings. The van der Waals surface area contributed by atoms with E-state index in [9.17, 15) is 23.1 Å². The van der Waals surface area contributed by atoms with E-state index in [-0.39, 0.29) is 12.2 Å². The summed E-state index contributed by atoms with van der Waals surface area (Å²) in [5.41, 5.74) is -1.41. The lowest BCUT2D eigenvalue weighted by Crippen LogP contribution is -2.46. The second-order valence-electron chi connectivity index (χ2n) is 5.22. The predicted molar refractivity (Wildman–Crippen MR) is 80.0 cm³/mol. The average molecular weight is 334 g/mol. The van der Waals surface area contributed by atoms with Gasteiger partial charge in [-0.3, -0.25) is 0 Å². The summed E-state index contributed by atoms with van der Waals surface area (Å²) >= 11 is 1.76. The average Bonchev–Trinajstić information content (AvgIpc) is 2.46. The summed E-state index contributed by atoms with van der Waals surface area (Å²) in [6.07, 6.45) is -3.18. The third-order valence-electron chi connectivity index (χ3n) is 3.47. The van der Waals surface area contributed by atoms with Gasteiger partial charge in [-0.05, 0) is 48.6 Å². The molecule has 1 aromatic carbocycles. The lowest BCUT2D eigenvalue weighted by atomic mass is 9.97. The molecule has 0 unspecified atom stereocenters. The molecule has 2 amide bonds. The molecule has 1 saturated heterocycles. The zero-order valence-corrected chi connectivity index (χ0v) is 12.6. The van der Waals surface area contributed by atoms with Crippen LogP contribution in [0.2, 0.25) is 0 Å². The van der Waals surface area contributed by atoms with Gasteiger partial charge < -0.3 is 15.7 Å². The van der Waals surface area contributed by atoms with Gasteiger partial charge >= 0.3 is 12.2 Å². The molecule has 0 aliphatic carbocycles. The summed E-state index contributed by atoms with van der Waals surface area (Å²) in [5.74, 6) is 1.69. The van der Waals surface area contributed by atoms with Gasteiger partial charge in [0.25, 0.3) is 0 Å². The van der Waals surface area contributed by atoms with Gasteiger partial charge in [0.2, 0.25) is 0 Å². The Bertz CT molecular complexity index is 514. The highest BCUT2D eigenvalue weighted by Gasteiger charge is 2.31. The van der Waals surface area contributed by atoms with Gasteiger partial charge in [-0.1, -0.05) is 0 Å². The molecule has 2 rings (SSSR count). The Balaban J connectivity index is 1.84. The summed E-state index contributed by atoms with van der Waals surface area (Å²) in [4.78, 5) is 11.7. The van der Waals surface area contributed by atoms with E-state index in [1.54, 1.807) is 11.8 Å². The number of urea groups is 1. The number of halogens is 3. The fraction of sp³-hybridized carbons (Fsp3) is 0.500. The van der Waals surface area contributed by atoms with Crippen LogP contribution in [0, 0.1) is 0 Å². The molecule has 1 heterocycles. The molecular formula is C14H17F3N2O2S. The van der Waals surface area contributed by atoms with Crippen LogP contribution in [0.15, 0.2) is 24.3 Å². The Hall–Kier alpha value is -1.41. The van der Waals surface area contributed by atoms with Crippen molar-refractivity contribution in [3.63, 3.8) is 0 Å². The van der Waals surface area contributed by atoms with E-state index in [0.29, 0.717) is 12.8 Å². The molecule has 0 bridgehead atoms. The number of carbonyl (C=O) groups is 1. The van der Waals surface area contributed by atoms with Gasteiger partial charge in [-0.15, -0.1) is 0 Å². The molecule has 0 atom stereocenters. The molecule has 0 radical (unpaired) electrons. The maximum Gasteiger partial charge on any atom is 0.416 e. The van der Waals surface area contributed by atoms with Crippen LogP contribution in [-0.4, -0.2) is 34.8 Å². The standard InChI is InChI=1S/C14H17F3N2O2S/c15-14(16,17)10-1-3-11(4-2-10)19-12(20)18-9-13(21)5-7-22-8-6-13/h1-4,21H,5-9H2,(H2,18,19,20). The second kappa shape index (κ2) is 6.78. The van der Waals surface area contributed by atoms with Gasteiger partial charge in [-0.25, -0.2) is 4.79 Å². The highest BCUT2D eigenvalue weighted by Crippen LogP contribution is 2.30. The van der Waals surface area contributed by atoms with E-state index in [1.165, 1.54) is 12.1 Å². The highest BCUT2D eigenvalue weighted by molar-refractivity contribution is 7.99. The number of anilines is 1. The Morgan fingerprint density at radius 1 is 1.23 bits per heavy atom.